The van der Waals surface area contributed by atoms with Crippen LogP contribution in [-0.4, -0.2) is 16.3 Å². The summed E-state index contributed by atoms with van der Waals surface area (Å²) in [6.07, 6.45) is 1.92. The molecule has 3 nitrogen and oxygen atoms in total. The van der Waals surface area contributed by atoms with Crippen LogP contribution in [0.3, 0.4) is 0 Å². The molecule has 0 aliphatic heterocycles. The summed E-state index contributed by atoms with van der Waals surface area (Å²) in [5.74, 6) is 0. The first-order valence-electron chi connectivity index (χ1n) is 5.60. The van der Waals surface area contributed by atoms with E-state index in [-0.39, 0.29) is 18.6 Å². The van der Waals surface area contributed by atoms with Crippen LogP contribution in [0.1, 0.15) is 40.5 Å². The molecule has 0 saturated heterocycles. The molecular weight excluding hydrogens is 282 g/mol. The molecule has 0 fully saturated rings. The summed E-state index contributed by atoms with van der Waals surface area (Å²) in [6.45, 7) is 10.6. The Labute approximate surface area is 114 Å². The van der Waals surface area contributed by atoms with E-state index in [0.29, 0.717) is 6.42 Å². The van der Waals surface area contributed by atoms with Crippen LogP contribution in [0.5, 0.6) is 0 Å². The number of alkyl halides is 2. The van der Waals surface area contributed by atoms with Gasteiger partial charge in [0.15, 0.2) is 0 Å². The van der Waals surface area contributed by atoms with Crippen LogP contribution in [0.25, 0.3) is 0 Å². The van der Waals surface area contributed by atoms with E-state index in [0.717, 1.165) is 0 Å². The quantitative estimate of drug-likeness (QED) is 0.354. The van der Waals surface area contributed by atoms with Crippen LogP contribution in [0.15, 0.2) is 12.7 Å². The van der Waals surface area contributed by atoms with Crippen LogP contribution in [0, 0.1) is 0 Å². The number of hydrogen-bond acceptors (Lipinski definition) is 3. The van der Waals surface area contributed by atoms with E-state index in [2.05, 4.69) is 6.58 Å². The van der Waals surface area contributed by atoms with Gasteiger partial charge < -0.3 is 9.05 Å². The Morgan fingerprint density at radius 2 is 1.65 bits per heavy atom. The minimum Gasteiger partial charge on any atom is -0.304 e. The molecule has 0 aromatic carbocycles. The van der Waals surface area contributed by atoms with Gasteiger partial charge in [0.2, 0.25) is 4.07 Å². The minimum absolute atomic E-state index is 0.274. The van der Waals surface area contributed by atoms with E-state index in [9.17, 15) is 4.57 Å². The minimum atomic E-state index is -3.58. The molecule has 0 N–H and O–H groups in total. The molecule has 102 valence electrons. The van der Waals surface area contributed by atoms with Crippen molar-refractivity contribution in [3.8, 4) is 0 Å². The van der Waals surface area contributed by atoms with E-state index in [1.165, 1.54) is 0 Å². The van der Waals surface area contributed by atoms with Crippen molar-refractivity contribution >= 4 is 30.8 Å². The van der Waals surface area contributed by atoms with Gasteiger partial charge in [-0.05, 0) is 40.5 Å². The van der Waals surface area contributed by atoms with Gasteiger partial charge >= 0.3 is 7.60 Å². The lowest BCUT2D eigenvalue weighted by Crippen LogP contribution is -2.21. The highest BCUT2D eigenvalue weighted by molar-refractivity contribution is 7.60. The molecular formula is C11H21Cl2O3P. The first-order valence-corrected chi connectivity index (χ1v) is 7.90. The van der Waals surface area contributed by atoms with Gasteiger partial charge in [-0.25, -0.2) is 0 Å². The average Bonchev–Trinajstić information content (AvgIpc) is 2.11. The molecule has 0 rings (SSSR count). The van der Waals surface area contributed by atoms with Crippen molar-refractivity contribution in [2.24, 2.45) is 0 Å². The van der Waals surface area contributed by atoms with E-state index in [1.807, 2.05) is 0 Å². The van der Waals surface area contributed by atoms with Gasteiger partial charge in [0.05, 0.1) is 12.2 Å². The predicted octanol–water partition coefficient (Wildman–Crippen LogP) is 5.13. The fourth-order valence-corrected chi connectivity index (χ4v) is 3.71. The zero-order valence-electron chi connectivity index (χ0n) is 10.8. The largest absolute Gasteiger partial charge is 0.366 e. The maximum atomic E-state index is 12.6. The molecule has 0 aromatic heterocycles. The highest BCUT2D eigenvalue weighted by Gasteiger charge is 2.49. The highest BCUT2D eigenvalue weighted by Crippen LogP contribution is 2.67. The molecule has 0 aliphatic rings. The molecule has 0 bridgehead atoms. The Morgan fingerprint density at radius 1 is 1.24 bits per heavy atom. The Bertz CT molecular complexity index is 276. The van der Waals surface area contributed by atoms with Gasteiger partial charge in [-0.3, -0.25) is 4.57 Å². The molecule has 0 atom stereocenters. The molecule has 0 aromatic rings. The second kappa shape index (κ2) is 7.16. The topological polar surface area (TPSA) is 35.5 Å². The summed E-state index contributed by atoms with van der Waals surface area (Å²) in [6, 6.07) is 0. The summed E-state index contributed by atoms with van der Waals surface area (Å²) in [5.41, 5.74) is 0. The fourth-order valence-electron chi connectivity index (χ4n) is 1.15. The van der Waals surface area contributed by atoms with E-state index in [1.54, 1.807) is 33.8 Å². The third-order valence-corrected chi connectivity index (χ3v) is 5.79. The second-order valence-electron chi connectivity index (χ2n) is 4.30. The fraction of sp³-hybridized carbons (Fsp3) is 0.818. The van der Waals surface area contributed by atoms with Crippen LogP contribution in [-0.2, 0) is 13.6 Å². The van der Waals surface area contributed by atoms with Crippen molar-refractivity contribution in [1.29, 1.82) is 0 Å². The van der Waals surface area contributed by atoms with Crippen LogP contribution in [0.4, 0.5) is 0 Å². The Kier molecular flexibility index (Phi) is 7.35. The number of halogens is 2. The van der Waals surface area contributed by atoms with Crippen molar-refractivity contribution < 1.29 is 13.6 Å². The van der Waals surface area contributed by atoms with Gasteiger partial charge in [0.25, 0.3) is 0 Å². The molecule has 17 heavy (non-hydrogen) atoms. The van der Waals surface area contributed by atoms with Gasteiger partial charge in [0, 0.05) is 0 Å². The Morgan fingerprint density at radius 3 is 1.94 bits per heavy atom. The van der Waals surface area contributed by atoms with Crippen molar-refractivity contribution in [2.75, 3.05) is 0 Å². The lowest BCUT2D eigenvalue weighted by molar-refractivity contribution is 0.138. The highest BCUT2D eigenvalue weighted by atomic mass is 35.5. The third-order valence-electron chi connectivity index (χ3n) is 1.75. The van der Waals surface area contributed by atoms with Gasteiger partial charge in [-0.15, -0.1) is 6.58 Å². The van der Waals surface area contributed by atoms with E-state index in [4.69, 9.17) is 32.2 Å². The standard InChI is InChI=1S/C11H21Cl2O3P/c1-6-7-8-11(12,13)17(14,15-9(2)3)16-10(4)5/h6,9-10H,1,7-8H2,2-5H3. The average molecular weight is 303 g/mol. The van der Waals surface area contributed by atoms with Gasteiger partial charge in [-0.2, -0.15) is 0 Å². The molecule has 0 radical (unpaired) electrons. The summed E-state index contributed by atoms with van der Waals surface area (Å²) in [7, 11) is -3.58. The molecule has 0 aliphatic carbocycles. The van der Waals surface area contributed by atoms with Crippen LogP contribution < -0.4 is 0 Å². The van der Waals surface area contributed by atoms with Gasteiger partial charge in [0.1, 0.15) is 0 Å². The van der Waals surface area contributed by atoms with Crippen molar-refractivity contribution in [3.05, 3.63) is 12.7 Å². The maximum Gasteiger partial charge on any atom is 0.366 e. The van der Waals surface area contributed by atoms with Crippen molar-refractivity contribution in [3.63, 3.8) is 0 Å². The first-order chi connectivity index (χ1) is 7.64. The molecule has 0 amide bonds. The SMILES string of the molecule is C=CCCC(Cl)(Cl)P(=O)(OC(C)C)OC(C)C. The smallest absolute Gasteiger partial charge is 0.304 e. The summed E-state index contributed by atoms with van der Waals surface area (Å²) in [5, 5.41) is 0. The van der Waals surface area contributed by atoms with Gasteiger partial charge in [-0.1, -0.05) is 29.3 Å². The molecule has 0 heterocycles. The number of rotatable bonds is 8. The van der Waals surface area contributed by atoms with Crippen molar-refractivity contribution in [2.45, 2.75) is 56.8 Å². The zero-order chi connectivity index (χ0) is 13.7. The molecule has 0 unspecified atom stereocenters. The molecule has 0 spiro atoms. The first kappa shape index (κ1) is 17.5. The molecule has 6 heteroatoms. The second-order valence-corrected chi connectivity index (χ2v) is 8.49. The normalized spacial score (nSPS) is 13.4. The summed E-state index contributed by atoms with van der Waals surface area (Å²) >= 11 is 12.2. The number of hydrogen-bond donors (Lipinski definition) is 0. The predicted molar refractivity (Wildman–Crippen MR) is 73.9 cm³/mol. The zero-order valence-corrected chi connectivity index (χ0v) is 13.2. The van der Waals surface area contributed by atoms with Crippen LogP contribution >= 0.6 is 30.8 Å². The third kappa shape index (κ3) is 5.76. The monoisotopic (exact) mass is 302 g/mol. The van der Waals surface area contributed by atoms with Crippen molar-refractivity contribution in [1.82, 2.24) is 0 Å². The van der Waals surface area contributed by atoms with Crippen LogP contribution in [0.2, 0.25) is 0 Å². The lowest BCUT2D eigenvalue weighted by Gasteiger charge is -2.31. The Hall–Kier alpha value is 0.470. The Balaban J connectivity index is 5.00. The maximum absolute atomic E-state index is 12.6. The lowest BCUT2D eigenvalue weighted by atomic mass is 10.3. The van der Waals surface area contributed by atoms with E-state index < -0.39 is 11.7 Å². The number of allylic oxidation sites excluding steroid dienone is 1. The summed E-state index contributed by atoms with van der Waals surface area (Å²) < 4.78 is 21.8. The van der Waals surface area contributed by atoms with E-state index >= 15 is 0 Å². The molecule has 0 saturated carbocycles. The summed E-state index contributed by atoms with van der Waals surface area (Å²) in [4.78, 5) is 0.